The van der Waals surface area contributed by atoms with Crippen LogP contribution in [0.4, 0.5) is 0 Å². The standard InChI is InChI=1S/C17H25N3OS/c1-4-14-5-7-15(8-6-14)9-10-16(21)19-20-17(22)18-12-11-13(2)3/h5-10,13H,4,11-12H2,1-3H3,(H,19,21)(H2,18,20,22)/b10-9+. The molecule has 0 saturated carbocycles. The van der Waals surface area contributed by atoms with Gasteiger partial charge in [0.2, 0.25) is 0 Å². The third-order valence-electron chi connectivity index (χ3n) is 3.12. The van der Waals surface area contributed by atoms with Crippen molar-refractivity contribution in [3.8, 4) is 0 Å². The molecule has 120 valence electrons. The van der Waals surface area contributed by atoms with Crippen molar-refractivity contribution in [2.45, 2.75) is 33.6 Å². The molecule has 0 saturated heterocycles. The molecule has 0 aromatic heterocycles. The molecule has 1 aromatic rings. The van der Waals surface area contributed by atoms with Gasteiger partial charge in [-0.25, -0.2) is 0 Å². The van der Waals surface area contributed by atoms with Crippen molar-refractivity contribution in [3.63, 3.8) is 0 Å². The van der Waals surface area contributed by atoms with Gasteiger partial charge in [0.25, 0.3) is 5.91 Å². The van der Waals surface area contributed by atoms with Crippen molar-refractivity contribution in [2.24, 2.45) is 5.92 Å². The topological polar surface area (TPSA) is 53.2 Å². The molecule has 1 rings (SSSR count). The highest BCUT2D eigenvalue weighted by Crippen LogP contribution is 2.06. The first-order valence-electron chi connectivity index (χ1n) is 7.62. The van der Waals surface area contributed by atoms with Gasteiger partial charge in [-0.05, 0) is 48.2 Å². The zero-order valence-electron chi connectivity index (χ0n) is 13.5. The molecular weight excluding hydrogens is 294 g/mol. The summed E-state index contributed by atoms with van der Waals surface area (Å²) in [5.41, 5.74) is 7.48. The van der Waals surface area contributed by atoms with Crippen LogP contribution in [0.5, 0.6) is 0 Å². The molecule has 0 spiro atoms. The van der Waals surface area contributed by atoms with E-state index in [0.717, 1.165) is 24.9 Å². The van der Waals surface area contributed by atoms with E-state index in [1.54, 1.807) is 6.08 Å². The van der Waals surface area contributed by atoms with E-state index < -0.39 is 0 Å². The van der Waals surface area contributed by atoms with Gasteiger partial charge >= 0.3 is 0 Å². The molecule has 0 fully saturated rings. The Bertz CT molecular complexity index is 509. The molecule has 1 aromatic carbocycles. The zero-order chi connectivity index (χ0) is 16.4. The molecule has 4 nitrogen and oxygen atoms in total. The van der Waals surface area contributed by atoms with Crippen LogP contribution in [0.2, 0.25) is 0 Å². The summed E-state index contributed by atoms with van der Waals surface area (Å²) < 4.78 is 0. The number of rotatable bonds is 6. The van der Waals surface area contributed by atoms with Crippen LogP contribution in [0.1, 0.15) is 38.3 Å². The highest BCUT2D eigenvalue weighted by molar-refractivity contribution is 7.80. The van der Waals surface area contributed by atoms with E-state index in [0.29, 0.717) is 11.0 Å². The lowest BCUT2D eigenvalue weighted by Gasteiger charge is -2.11. The molecule has 5 heteroatoms. The summed E-state index contributed by atoms with van der Waals surface area (Å²) in [6.07, 6.45) is 5.29. The minimum absolute atomic E-state index is 0.243. The number of hydrazine groups is 1. The Morgan fingerprint density at radius 3 is 2.50 bits per heavy atom. The van der Waals surface area contributed by atoms with Gasteiger partial charge in [0.15, 0.2) is 5.11 Å². The highest BCUT2D eigenvalue weighted by Gasteiger charge is 1.99. The Balaban J connectivity index is 2.30. The summed E-state index contributed by atoms with van der Waals surface area (Å²) in [7, 11) is 0. The van der Waals surface area contributed by atoms with Gasteiger partial charge < -0.3 is 5.32 Å². The SMILES string of the molecule is CCc1ccc(/C=C/C(=O)NNC(=S)NCCC(C)C)cc1. The number of carbonyl (C=O) groups excluding carboxylic acids is 1. The fourth-order valence-electron chi connectivity index (χ4n) is 1.71. The molecule has 22 heavy (non-hydrogen) atoms. The molecule has 0 aliphatic carbocycles. The molecule has 0 unspecified atom stereocenters. The molecular formula is C17H25N3OS. The fourth-order valence-corrected chi connectivity index (χ4v) is 1.87. The molecule has 0 heterocycles. The molecule has 0 bridgehead atoms. The lowest BCUT2D eigenvalue weighted by molar-refractivity contribution is -0.116. The number of amides is 1. The van der Waals surface area contributed by atoms with E-state index >= 15 is 0 Å². The second-order valence-corrected chi connectivity index (χ2v) is 5.89. The number of hydrogen-bond donors (Lipinski definition) is 3. The first-order chi connectivity index (χ1) is 10.5. The summed E-state index contributed by atoms with van der Waals surface area (Å²) in [6.45, 7) is 7.20. The lowest BCUT2D eigenvalue weighted by Crippen LogP contribution is -2.46. The van der Waals surface area contributed by atoms with Gasteiger partial charge in [-0.3, -0.25) is 15.6 Å². The van der Waals surface area contributed by atoms with Crippen LogP contribution >= 0.6 is 12.2 Å². The van der Waals surface area contributed by atoms with E-state index in [-0.39, 0.29) is 5.91 Å². The van der Waals surface area contributed by atoms with Crippen molar-refractivity contribution in [2.75, 3.05) is 6.54 Å². The van der Waals surface area contributed by atoms with Gasteiger partial charge in [0.1, 0.15) is 0 Å². The summed E-state index contributed by atoms with van der Waals surface area (Å²) >= 11 is 5.07. The average Bonchev–Trinajstić information content (AvgIpc) is 2.51. The third kappa shape index (κ3) is 7.78. The van der Waals surface area contributed by atoms with Gasteiger partial charge in [0, 0.05) is 12.6 Å². The second-order valence-electron chi connectivity index (χ2n) is 5.48. The van der Waals surface area contributed by atoms with Crippen LogP contribution in [-0.2, 0) is 11.2 Å². The predicted molar refractivity (Wildman–Crippen MR) is 96.2 cm³/mol. The number of hydrogen-bond acceptors (Lipinski definition) is 2. The van der Waals surface area contributed by atoms with Crippen molar-refractivity contribution in [3.05, 3.63) is 41.5 Å². The number of aryl methyl sites for hydroxylation is 1. The maximum absolute atomic E-state index is 11.7. The summed E-state index contributed by atoms with van der Waals surface area (Å²) in [6, 6.07) is 8.11. The van der Waals surface area contributed by atoms with Gasteiger partial charge in [-0.2, -0.15) is 0 Å². The quantitative estimate of drug-likeness (QED) is 0.429. The fraction of sp³-hybridized carbons (Fsp3) is 0.412. The number of thiocarbonyl (C=S) groups is 1. The first kappa shape index (κ1) is 18.2. The minimum atomic E-state index is -0.243. The van der Waals surface area contributed by atoms with Gasteiger partial charge in [0.05, 0.1) is 0 Å². The van der Waals surface area contributed by atoms with Crippen LogP contribution in [0.25, 0.3) is 6.08 Å². The monoisotopic (exact) mass is 319 g/mol. The Morgan fingerprint density at radius 2 is 1.91 bits per heavy atom. The lowest BCUT2D eigenvalue weighted by atomic mass is 10.1. The number of nitrogens with one attached hydrogen (secondary N) is 3. The Labute approximate surface area is 138 Å². The van der Waals surface area contributed by atoms with Gasteiger partial charge in [-0.1, -0.05) is 45.0 Å². The maximum Gasteiger partial charge on any atom is 0.262 e. The third-order valence-corrected chi connectivity index (χ3v) is 3.37. The van der Waals surface area contributed by atoms with E-state index in [9.17, 15) is 4.79 Å². The van der Waals surface area contributed by atoms with Crippen molar-refractivity contribution < 1.29 is 4.79 Å². The molecule has 0 atom stereocenters. The van der Waals surface area contributed by atoms with E-state index in [1.807, 2.05) is 12.1 Å². The predicted octanol–water partition coefficient (Wildman–Crippen LogP) is 2.80. The minimum Gasteiger partial charge on any atom is -0.361 e. The first-order valence-corrected chi connectivity index (χ1v) is 8.03. The van der Waals surface area contributed by atoms with Crippen molar-refractivity contribution in [1.29, 1.82) is 0 Å². The average molecular weight is 319 g/mol. The Hall–Kier alpha value is -1.88. The number of carbonyl (C=O) groups is 1. The van der Waals surface area contributed by atoms with E-state index in [1.165, 1.54) is 11.6 Å². The molecule has 1 amide bonds. The van der Waals surface area contributed by atoms with Crippen LogP contribution in [0.15, 0.2) is 30.3 Å². The summed E-state index contributed by atoms with van der Waals surface area (Å²) in [4.78, 5) is 11.7. The molecule has 0 aliphatic rings. The Morgan fingerprint density at radius 1 is 1.23 bits per heavy atom. The van der Waals surface area contributed by atoms with Gasteiger partial charge in [-0.15, -0.1) is 0 Å². The van der Waals surface area contributed by atoms with Crippen LogP contribution in [0, 0.1) is 5.92 Å². The zero-order valence-corrected chi connectivity index (χ0v) is 14.3. The normalized spacial score (nSPS) is 10.7. The van der Waals surface area contributed by atoms with Crippen molar-refractivity contribution >= 4 is 29.3 Å². The molecule has 3 N–H and O–H groups in total. The van der Waals surface area contributed by atoms with E-state index in [4.69, 9.17) is 12.2 Å². The Kier molecular flexibility index (Phi) is 8.22. The van der Waals surface area contributed by atoms with Crippen molar-refractivity contribution in [1.82, 2.24) is 16.2 Å². The maximum atomic E-state index is 11.7. The molecule has 0 radical (unpaired) electrons. The summed E-state index contributed by atoms with van der Waals surface area (Å²) in [5, 5.41) is 3.46. The number of benzene rings is 1. The smallest absolute Gasteiger partial charge is 0.262 e. The van der Waals surface area contributed by atoms with Crippen LogP contribution in [0.3, 0.4) is 0 Å². The largest absolute Gasteiger partial charge is 0.361 e. The highest BCUT2D eigenvalue weighted by atomic mass is 32.1. The summed E-state index contributed by atoms with van der Waals surface area (Å²) in [5.74, 6) is 0.375. The molecule has 0 aliphatic heterocycles. The second kappa shape index (κ2) is 9.95. The van der Waals surface area contributed by atoms with E-state index in [2.05, 4.69) is 49.1 Å². The van der Waals surface area contributed by atoms with Crippen LogP contribution in [-0.4, -0.2) is 17.6 Å². The van der Waals surface area contributed by atoms with Crippen LogP contribution < -0.4 is 16.2 Å².